The lowest BCUT2D eigenvalue weighted by Gasteiger charge is -2.04. The number of carbonyl (C=O) groups is 1. The highest BCUT2D eigenvalue weighted by atomic mass is 19.1. The van der Waals surface area contributed by atoms with Crippen molar-refractivity contribution in [3.63, 3.8) is 0 Å². The Morgan fingerprint density at radius 3 is 3.00 bits per heavy atom. The van der Waals surface area contributed by atoms with Gasteiger partial charge in [0.25, 0.3) is 0 Å². The number of carbonyl (C=O) groups excluding carboxylic acids is 1. The molecule has 0 saturated heterocycles. The second-order valence-electron chi connectivity index (χ2n) is 2.48. The highest BCUT2D eigenvalue weighted by molar-refractivity contribution is 6.15. The first-order chi connectivity index (χ1) is 6.79. The SMILES string of the molecule is CCOC(=O)/C(=C\F)c1cccnc1. The number of aromatic nitrogens is 1. The number of halogens is 1. The molecule has 14 heavy (non-hydrogen) atoms. The maximum Gasteiger partial charge on any atom is 0.341 e. The molecule has 0 aliphatic carbocycles. The topological polar surface area (TPSA) is 39.2 Å². The Morgan fingerprint density at radius 1 is 1.71 bits per heavy atom. The molecule has 1 heterocycles. The van der Waals surface area contributed by atoms with E-state index < -0.39 is 5.97 Å². The Kier molecular flexibility index (Phi) is 3.79. The van der Waals surface area contributed by atoms with Crippen LogP contribution in [0.2, 0.25) is 0 Å². The third kappa shape index (κ3) is 2.39. The van der Waals surface area contributed by atoms with Gasteiger partial charge < -0.3 is 4.74 Å². The molecule has 3 nitrogen and oxygen atoms in total. The van der Waals surface area contributed by atoms with E-state index in [0.29, 0.717) is 5.56 Å². The summed E-state index contributed by atoms with van der Waals surface area (Å²) >= 11 is 0. The van der Waals surface area contributed by atoms with E-state index in [1.807, 2.05) is 0 Å². The molecule has 1 rings (SSSR count). The molecular weight excluding hydrogens is 185 g/mol. The Labute approximate surface area is 81.2 Å². The lowest BCUT2D eigenvalue weighted by atomic mass is 10.1. The van der Waals surface area contributed by atoms with Gasteiger partial charge in [0.05, 0.1) is 12.2 Å². The van der Waals surface area contributed by atoms with Gasteiger partial charge in [0, 0.05) is 18.0 Å². The molecule has 0 saturated carbocycles. The highest BCUT2D eigenvalue weighted by Crippen LogP contribution is 2.14. The zero-order valence-corrected chi connectivity index (χ0v) is 7.74. The number of esters is 1. The number of nitrogens with zero attached hydrogens (tertiary/aromatic N) is 1. The molecule has 0 atom stereocenters. The second-order valence-corrected chi connectivity index (χ2v) is 2.48. The van der Waals surface area contributed by atoms with Crippen molar-refractivity contribution in [2.75, 3.05) is 6.61 Å². The molecule has 0 N–H and O–H groups in total. The predicted octanol–water partition coefficient (Wildman–Crippen LogP) is 1.96. The fourth-order valence-corrected chi connectivity index (χ4v) is 0.956. The van der Waals surface area contributed by atoms with Crippen LogP contribution in [0.3, 0.4) is 0 Å². The molecule has 0 amide bonds. The number of ether oxygens (including phenoxy) is 1. The van der Waals surface area contributed by atoms with Gasteiger partial charge in [-0.25, -0.2) is 9.18 Å². The number of rotatable bonds is 3. The average Bonchev–Trinajstić information content (AvgIpc) is 2.21. The minimum atomic E-state index is -0.678. The number of hydrogen-bond acceptors (Lipinski definition) is 3. The van der Waals surface area contributed by atoms with E-state index in [-0.39, 0.29) is 18.5 Å². The summed E-state index contributed by atoms with van der Waals surface area (Å²) in [5.41, 5.74) is 0.299. The average molecular weight is 195 g/mol. The summed E-state index contributed by atoms with van der Waals surface area (Å²) in [6.07, 6.45) is 3.18. The molecule has 0 fully saturated rings. The van der Waals surface area contributed by atoms with Crippen LogP contribution in [-0.2, 0) is 9.53 Å². The van der Waals surface area contributed by atoms with Crippen LogP contribution in [0.25, 0.3) is 5.57 Å². The van der Waals surface area contributed by atoms with E-state index >= 15 is 0 Å². The van der Waals surface area contributed by atoms with Crippen molar-refractivity contribution >= 4 is 11.5 Å². The summed E-state index contributed by atoms with van der Waals surface area (Å²) in [4.78, 5) is 15.0. The minimum Gasteiger partial charge on any atom is -0.462 e. The van der Waals surface area contributed by atoms with E-state index in [1.165, 1.54) is 6.20 Å². The number of pyridine rings is 1. The molecule has 0 aliphatic rings. The van der Waals surface area contributed by atoms with Gasteiger partial charge in [-0.05, 0) is 13.0 Å². The van der Waals surface area contributed by atoms with E-state index in [0.717, 1.165) is 0 Å². The lowest BCUT2D eigenvalue weighted by molar-refractivity contribution is -0.136. The maximum atomic E-state index is 12.4. The first-order valence-corrected chi connectivity index (χ1v) is 4.17. The molecule has 0 bridgehead atoms. The Balaban J connectivity index is 2.89. The van der Waals surface area contributed by atoms with Crippen molar-refractivity contribution in [3.8, 4) is 0 Å². The van der Waals surface area contributed by atoms with Gasteiger partial charge in [0.1, 0.15) is 6.33 Å². The molecule has 0 unspecified atom stereocenters. The molecular formula is C10H10FNO2. The van der Waals surface area contributed by atoms with Gasteiger partial charge in [0.15, 0.2) is 0 Å². The van der Waals surface area contributed by atoms with Gasteiger partial charge in [-0.2, -0.15) is 0 Å². The van der Waals surface area contributed by atoms with E-state index in [2.05, 4.69) is 9.72 Å². The third-order valence-electron chi connectivity index (χ3n) is 1.58. The minimum absolute atomic E-state index is 0.111. The summed E-state index contributed by atoms with van der Waals surface area (Å²) in [7, 11) is 0. The zero-order valence-electron chi connectivity index (χ0n) is 7.74. The molecule has 0 radical (unpaired) electrons. The molecule has 0 spiro atoms. The summed E-state index contributed by atoms with van der Waals surface area (Å²) in [5.74, 6) is -0.678. The molecule has 0 aromatic carbocycles. The highest BCUT2D eigenvalue weighted by Gasteiger charge is 2.12. The van der Waals surface area contributed by atoms with E-state index in [1.54, 1.807) is 25.3 Å². The Bertz CT molecular complexity index is 335. The van der Waals surface area contributed by atoms with Crippen LogP contribution in [-0.4, -0.2) is 17.6 Å². The standard InChI is InChI=1S/C10H10FNO2/c1-2-14-10(13)9(6-11)8-4-3-5-12-7-8/h3-7H,2H2,1H3/b9-6-. The summed E-state index contributed by atoms with van der Waals surface area (Å²) in [6.45, 7) is 1.88. The van der Waals surface area contributed by atoms with E-state index in [4.69, 9.17) is 0 Å². The molecule has 4 heteroatoms. The first kappa shape index (κ1) is 10.4. The Morgan fingerprint density at radius 2 is 2.50 bits per heavy atom. The second kappa shape index (κ2) is 5.11. The fraction of sp³-hybridized carbons (Fsp3) is 0.200. The summed E-state index contributed by atoms with van der Waals surface area (Å²) in [6, 6.07) is 3.22. The van der Waals surface area contributed by atoms with Crippen LogP contribution < -0.4 is 0 Å². The Hall–Kier alpha value is -1.71. The number of hydrogen-bond donors (Lipinski definition) is 0. The van der Waals surface area contributed by atoms with E-state index in [9.17, 15) is 9.18 Å². The first-order valence-electron chi connectivity index (χ1n) is 4.17. The smallest absolute Gasteiger partial charge is 0.341 e. The van der Waals surface area contributed by atoms with Crippen molar-refractivity contribution in [2.24, 2.45) is 0 Å². The van der Waals surface area contributed by atoms with Crippen LogP contribution in [0, 0.1) is 0 Å². The molecule has 1 aromatic heterocycles. The molecule has 1 aromatic rings. The van der Waals surface area contributed by atoms with Crippen LogP contribution >= 0.6 is 0 Å². The quantitative estimate of drug-likeness (QED) is 0.546. The van der Waals surface area contributed by atoms with Crippen molar-refractivity contribution < 1.29 is 13.9 Å². The summed E-state index contributed by atoms with van der Waals surface area (Å²) < 4.78 is 17.1. The third-order valence-corrected chi connectivity index (χ3v) is 1.58. The maximum absolute atomic E-state index is 12.4. The van der Waals surface area contributed by atoms with Crippen molar-refractivity contribution in [1.29, 1.82) is 0 Å². The predicted molar refractivity (Wildman–Crippen MR) is 50.0 cm³/mol. The van der Waals surface area contributed by atoms with Crippen molar-refractivity contribution in [2.45, 2.75) is 6.92 Å². The van der Waals surface area contributed by atoms with Crippen LogP contribution in [0.5, 0.6) is 0 Å². The summed E-state index contributed by atoms with van der Waals surface area (Å²) in [5, 5.41) is 0. The molecule has 74 valence electrons. The van der Waals surface area contributed by atoms with Gasteiger partial charge in [-0.15, -0.1) is 0 Å². The largest absolute Gasteiger partial charge is 0.462 e. The van der Waals surface area contributed by atoms with Crippen molar-refractivity contribution in [1.82, 2.24) is 4.98 Å². The van der Waals surface area contributed by atoms with Crippen LogP contribution in [0.15, 0.2) is 30.9 Å². The van der Waals surface area contributed by atoms with Gasteiger partial charge >= 0.3 is 5.97 Å². The monoisotopic (exact) mass is 195 g/mol. The fourth-order valence-electron chi connectivity index (χ4n) is 0.956. The van der Waals surface area contributed by atoms with Crippen LogP contribution in [0.1, 0.15) is 12.5 Å². The van der Waals surface area contributed by atoms with Gasteiger partial charge in [0.2, 0.25) is 0 Å². The normalized spacial score (nSPS) is 11.1. The zero-order chi connectivity index (χ0) is 10.4. The van der Waals surface area contributed by atoms with Crippen LogP contribution in [0.4, 0.5) is 4.39 Å². The lowest BCUT2D eigenvalue weighted by Crippen LogP contribution is -2.06. The van der Waals surface area contributed by atoms with Gasteiger partial charge in [-0.1, -0.05) is 6.07 Å². The van der Waals surface area contributed by atoms with Gasteiger partial charge in [-0.3, -0.25) is 4.98 Å². The van der Waals surface area contributed by atoms with Crippen molar-refractivity contribution in [3.05, 3.63) is 36.4 Å². The molecule has 0 aliphatic heterocycles.